The lowest BCUT2D eigenvalue weighted by atomic mass is 10.2. The number of rotatable bonds is 3. The molecule has 1 fully saturated rings. The summed E-state index contributed by atoms with van der Waals surface area (Å²) in [6.45, 7) is 1.98. The lowest BCUT2D eigenvalue weighted by molar-refractivity contribution is -0.151. The van der Waals surface area contributed by atoms with Crippen LogP contribution in [0.3, 0.4) is 0 Å². The SMILES string of the molecule is CCc1cc2c(NC3(C(F)(F)F)CC3)nc(Cl)nc2s1. The highest BCUT2D eigenvalue weighted by atomic mass is 35.5. The van der Waals surface area contributed by atoms with Crippen molar-refractivity contribution in [2.24, 2.45) is 0 Å². The topological polar surface area (TPSA) is 37.8 Å². The fourth-order valence-electron chi connectivity index (χ4n) is 2.05. The number of anilines is 1. The Hall–Kier alpha value is -1.08. The Morgan fingerprint density at radius 3 is 2.65 bits per heavy atom. The van der Waals surface area contributed by atoms with Crippen LogP contribution in [0.25, 0.3) is 10.2 Å². The van der Waals surface area contributed by atoms with E-state index >= 15 is 0 Å². The van der Waals surface area contributed by atoms with Gasteiger partial charge in [-0.2, -0.15) is 13.2 Å². The minimum atomic E-state index is -4.29. The Kier molecular flexibility index (Phi) is 3.10. The molecule has 0 atom stereocenters. The lowest BCUT2D eigenvalue weighted by Crippen LogP contribution is -2.39. The number of nitrogens with zero attached hydrogens (tertiary/aromatic N) is 2. The van der Waals surface area contributed by atoms with Crippen molar-refractivity contribution in [1.82, 2.24) is 9.97 Å². The molecule has 1 saturated carbocycles. The molecule has 0 unspecified atom stereocenters. The summed E-state index contributed by atoms with van der Waals surface area (Å²) in [6.07, 6.45) is -3.38. The zero-order chi connectivity index (χ0) is 14.5. The van der Waals surface area contributed by atoms with E-state index in [0.29, 0.717) is 10.2 Å². The summed E-state index contributed by atoms with van der Waals surface area (Å²) >= 11 is 7.23. The molecule has 1 aliphatic rings. The number of hydrogen-bond donors (Lipinski definition) is 1. The first kappa shape index (κ1) is 13.9. The van der Waals surface area contributed by atoms with Gasteiger partial charge >= 0.3 is 6.18 Å². The van der Waals surface area contributed by atoms with Crippen molar-refractivity contribution in [1.29, 1.82) is 0 Å². The number of aromatic nitrogens is 2. The third kappa shape index (κ3) is 2.22. The molecule has 0 bridgehead atoms. The second-order valence-electron chi connectivity index (χ2n) is 4.83. The van der Waals surface area contributed by atoms with Gasteiger partial charge in [-0.3, -0.25) is 0 Å². The van der Waals surface area contributed by atoms with Gasteiger partial charge in [0.2, 0.25) is 5.28 Å². The molecule has 3 nitrogen and oxygen atoms in total. The number of hydrogen-bond acceptors (Lipinski definition) is 4. The van der Waals surface area contributed by atoms with Crippen molar-refractivity contribution >= 4 is 39.0 Å². The van der Waals surface area contributed by atoms with Crippen molar-refractivity contribution in [2.45, 2.75) is 37.9 Å². The van der Waals surface area contributed by atoms with E-state index in [1.54, 1.807) is 0 Å². The zero-order valence-electron chi connectivity index (χ0n) is 10.5. The lowest BCUT2D eigenvalue weighted by Gasteiger charge is -2.21. The van der Waals surface area contributed by atoms with Crippen LogP contribution in [0.15, 0.2) is 6.07 Å². The molecule has 0 aliphatic heterocycles. The molecule has 2 heterocycles. The molecular formula is C12H11ClF3N3S. The average Bonchev–Trinajstić information content (AvgIpc) is 3.01. The van der Waals surface area contributed by atoms with Gasteiger partial charge in [-0.25, -0.2) is 9.97 Å². The van der Waals surface area contributed by atoms with Crippen molar-refractivity contribution in [3.63, 3.8) is 0 Å². The molecule has 0 radical (unpaired) electrons. The quantitative estimate of drug-likeness (QED) is 0.851. The second kappa shape index (κ2) is 4.46. The number of halogens is 4. The van der Waals surface area contributed by atoms with Gasteiger partial charge in [0.15, 0.2) is 0 Å². The van der Waals surface area contributed by atoms with E-state index in [9.17, 15) is 13.2 Å². The fourth-order valence-corrected chi connectivity index (χ4v) is 3.23. The Balaban J connectivity index is 2.05. The second-order valence-corrected chi connectivity index (χ2v) is 6.28. The van der Waals surface area contributed by atoms with Crippen LogP contribution in [0.5, 0.6) is 0 Å². The molecule has 1 N–H and O–H groups in total. The van der Waals surface area contributed by atoms with E-state index in [-0.39, 0.29) is 23.9 Å². The highest BCUT2D eigenvalue weighted by molar-refractivity contribution is 7.18. The minimum absolute atomic E-state index is 0.0394. The van der Waals surface area contributed by atoms with Gasteiger partial charge in [0, 0.05) is 4.88 Å². The van der Waals surface area contributed by atoms with Crippen LogP contribution in [-0.4, -0.2) is 21.7 Å². The minimum Gasteiger partial charge on any atom is -0.356 e. The molecule has 0 aromatic carbocycles. The Morgan fingerprint density at radius 2 is 2.10 bits per heavy atom. The fraction of sp³-hybridized carbons (Fsp3) is 0.500. The number of aryl methyl sites for hydroxylation is 1. The third-order valence-electron chi connectivity index (χ3n) is 3.42. The van der Waals surface area contributed by atoms with Crippen molar-refractivity contribution in [3.05, 3.63) is 16.2 Å². The normalized spacial score (nSPS) is 17.4. The van der Waals surface area contributed by atoms with Crippen molar-refractivity contribution in [3.8, 4) is 0 Å². The van der Waals surface area contributed by atoms with Crippen LogP contribution in [0.2, 0.25) is 5.28 Å². The first-order valence-electron chi connectivity index (χ1n) is 6.15. The Morgan fingerprint density at radius 1 is 1.40 bits per heavy atom. The predicted molar refractivity (Wildman–Crippen MR) is 73.4 cm³/mol. The molecule has 0 amide bonds. The number of fused-ring (bicyclic) bond motifs is 1. The molecule has 20 heavy (non-hydrogen) atoms. The smallest absolute Gasteiger partial charge is 0.356 e. The van der Waals surface area contributed by atoms with E-state index in [1.165, 1.54) is 11.3 Å². The Labute approximate surface area is 122 Å². The summed E-state index contributed by atoms with van der Waals surface area (Å²) in [7, 11) is 0. The summed E-state index contributed by atoms with van der Waals surface area (Å²) in [5, 5.41) is 3.10. The number of alkyl halides is 3. The summed E-state index contributed by atoms with van der Waals surface area (Å²) in [6, 6.07) is 1.82. The molecule has 2 aromatic heterocycles. The van der Waals surface area contributed by atoms with Crippen LogP contribution in [0.4, 0.5) is 19.0 Å². The number of thiophene rings is 1. The molecule has 108 valence electrons. The Bertz CT molecular complexity index is 664. The highest BCUT2D eigenvalue weighted by Crippen LogP contribution is 2.51. The molecule has 2 aromatic rings. The van der Waals surface area contributed by atoms with Gasteiger partial charge in [0.25, 0.3) is 0 Å². The van der Waals surface area contributed by atoms with E-state index in [4.69, 9.17) is 11.6 Å². The maximum Gasteiger partial charge on any atom is 0.411 e. The van der Waals surface area contributed by atoms with Crippen LogP contribution in [-0.2, 0) is 6.42 Å². The molecule has 0 spiro atoms. The monoisotopic (exact) mass is 321 g/mol. The standard InChI is InChI=1S/C12H11ClF3N3S/c1-2-6-5-7-8(17-10(13)18-9(7)20-6)19-11(3-4-11)12(14,15)16/h5H,2-4H2,1H3,(H,17,18,19). The maximum absolute atomic E-state index is 13.0. The third-order valence-corrected chi connectivity index (χ3v) is 4.76. The van der Waals surface area contributed by atoms with Gasteiger partial charge in [-0.1, -0.05) is 6.92 Å². The van der Waals surface area contributed by atoms with Gasteiger partial charge in [-0.15, -0.1) is 11.3 Å². The van der Waals surface area contributed by atoms with Crippen molar-refractivity contribution in [2.75, 3.05) is 5.32 Å². The summed E-state index contributed by atoms with van der Waals surface area (Å²) < 4.78 is 39.1. The highest BCUT2D eigenvalue weighted by Gasteiger charge is 2.63. The van der Waals surface area contributed by atoms with E-state index < -0.39 is 11.7 Å². The first-order valence-corrected chi connectivity index (χ1v) is 7.35. The molecule has 3 rings (SSSR count). The molecule has 1 aliphatic carbocycles. The first-order chi connectivity index (χ1) is 9.34. The summed E-state index contributed by atoms with van der Waals surface area (Å²) in [4.78, 5) is 9.66. The summed E-state index contributed by atoms with van der Waals surface area (Å²) in [5.41, 5.74) is -1.86. The number of nitrogens with one attached hydrogen (secondary N) is 1. The molecule has 8 heteroatoms. The van der Waals surface area contributed by atoms with Gasteiger partial charge in [-0.05, 0) is 36.9 Å². The van der Waals surface area contributed by atoms with Gasteiger partial charge < -0.3 is 5.32 Å². The largest absolute Gasteiger partial charge is 0.411 e. The van der Waals surface area contributed by atoms with E-state index in [1.807, 2.05) is 13.0 Å². The zero-order valence-corrected chi connectivity index (χ0v) is 12.1. The maximum atomic E-state index is 13.0. The van der Waals surface area contributed by atoms with E-state index in [0.717, 1.165) is 11.3 Å². The predicted octanol–water partition coefficient (Wildman–Crippen LogP) is 4.41. The molecule has 0 saturated heterocycles. The van der Waals surface area contributed by atoms with Crippen molar-refractivity contribution < 1.29 is 13.2 Å². The average molecular weight is 322 g/mol. The van der Waals surface area contributed by atoms with Crippen LogP contribution >= 0.6 is 22.9 Å². The van der Waals surface area contributed by atoms with Gasteiger partial charge in [0.1, 0.15) is 16.2 Å². The molecular weight excluding hydrogens is 311 g/mol. The van der Waals surface area contributed by atoms with E-state index in [2.05, 4.69) is 15.3 Å². The van der Waals surface area contributed by atoms with Gasteiger partial charge in [0.05, 0.1) is 5.39 Å². The van der Waals surface area contributed by atoms with Crippen LogP contribution in [0.1, 0.15) is 24.6 Å². The van der Waals surface area contributed by atoms with Crippen LogP contribution < -0.4 is 5.32 Å². The summed E-state index contributed by atoms with van der Waals surface area (Å²) in [5.74, 6) is 0.172. The van der Waals surface area contributed by atoms with Crippen LogP contribution in [0, 0.1) is 0 Å².